The normalized spacial score (nSPS) is 32.7. The van der Waals surface area contributed by atoms with E-state index in [2.05, 4.69) is 66.0 Å². The van der Waals surface area contributed by atoms with E-state index in [0.29, 0.717) is 0 Å². The summed E-state index contributed by atoms with van der Waals surface area (Å²) in [6, 6.07) is 21.2. The molecule has 34 heavy (non-hydrogen) atoms. The van der Waals surface area contributed by atoms with Gasteiger partial charge < -0.3 is 5.32 Å². The van der Waals surface area contributed by atoms with Gasteiger partial charge in [0.05, 0.1) is 11.0 Å². The Hall–Kier alpha value is -3.14. The lowest BCUT2D eigenvalue weighted by molar-refractivity contribution is -0.124. The number of amides is 3. The molecular weight excluding hydrogens is 420 g/mol. The molecule has 2 aromatic carbocycles. The third kappa shape index (κ3) is 2.25. The summed E-state index contributed by atoms with van der Waals surface area (Å²) < 4.78 is 0. The molecule has 1 aliphatic heterocycles. The summed E-state index contributed by atoms with van der Waals surface area (Å²) in [6.45, 7) is 1.95. The molecule has 3 saturated carbocycles. The van der Waals surface area contributed by atoms with Gasteiger partial charge in [0.15, 0.2) is 0 Å². The van der Waals surface area contributed by atoms with Crippen LogP contribution >= 0.6 is 0 Å². The number of imide groups is 1. The van der Waals surface area contributed by atoms with Crippen LogP contribution in [0.25, 0.3) is 0 Å². The zero-order chi connectivity index (χ0) is 23.1. The van der Waals surface area contributed by atoms with Crippen molar-refractivity contribution in [3.63, 3.8) is 0 Å². The lowest BCUT2D eigenvalue weighted by atomic mass is 9.62. The first-order valence-corrected chi connectivity index (χ1v) is 12.8. The topological polar surface area (TPSA) is 49.4 Å². The molecule has 3 fully saturated rings. The highest BCUT2D eigenvalue weighted by Gasteiger charge is 2.87. The zero-order valence-corrected chi connectivity index (χ0v) is 19.5. The second kappa shape index (κ2) is 6.94. The summed E-state index contributed by atoms with van der Waals surface area (Å²) in [5, 5.41) is 3.26. The standard InChI is InChI=1S/C30H30N2O2/c1-19-26-29(20-11-5-2-6-12-20,21-13-7-3-8-14-21)23-17-18-24-25(23)30(24,26)32(27(19)33)28(34)31-22-15-9-4-10-16-22/h2-3,5-8,11-14,17-18,22-25H,4,9-10,15-16H2,1H3,(H,31,34)/t23-,24?,25-,30?/m1/s1. The van der Waals surface area contributed by atoms with Crippen molar-refractivity contribution >= 4 is 11.9 Å². The average Bonchev–Trinajstić information content (AvgIpc) is 3.11. The minimum Gasteiger partial charge on any atom is -0.335 e. The van der Waals surface area contributed by atoms with Crippen LogP contribution in [0.2, 0.25) is 0 Å². The Morgan fingerprint density at radius 3 is 2.09 bits per heavy atom. The van der Waals surface area contributed by atoms with Gasteiger partial charge in [-0.25, -0.2) is 9.69 Å². The molecule has 4 nitrogen and oxygen atoms in total. The van der Waals surface area contributed by atoms with Crippen LogP contribution in [0.3, 0.4) is 0 Å². The highest BCUT2D eigenvalue weighted by Crippen LogP contribution is 2.81. The molecule has 4 atom stereocenters. The van der Waals surface area contributed by atoms with Crippen LogP contribution in [0.1, 0.15) is 50.2 Å². The van der Waals surface area contributed by atoms with Crippen molar-refractivity contribution in [2.24, 2.45) is 17.8 Å². The molecular formula is C30H30N2O2. The monoisotopic (exact) mass is 450 g/mol. The third-order valence-corrected chi connectivity index (χ3v) is 9.36. The Bertz CT molecular complexity index is 1200. The Balaban J connectivity index is 1.40. The summed E-state index contributed by atoms with van der Waals surface area (Å²) in [4.78, 5) is 29.2. The fourth-order valence-corrected chi connectivity index (χ4v) is 8.22. The lowest BCUT2D eigenvalue weighted by Crippen LogP contribution is -2.52. The molecule has 3 amide bonds. The number of benzene rings is 2. The number of rotatable bonds is 3. The van der Waals surface area contributed by atoms with Crippen molar-refractivity contribution in [1.82, 2.24) is 10.2 Å². The number of carbonyl (C=O) groups is 2. The number of carbonyl (C=O) groups excluding carboxylic acids is 2. The van der Waals surface area contributed by atoms with Crippen LogP contribution < -0.4 is 5.32 Å². The van der Waals surface area contributed by atoms with Gasteiger partial charge in [0.1, 0.15) is 0 Å². The zero-order valence-electron chi connectivity index (χ0n) is 19.5. The molecule has 2 unspecified atom stereocenters. The fourth-order valence-electron chi connectivity index (χ4n) is 8.22. The second-order valence-corrected chi connectivity index (χ2v) is 10.8. The van der Waals surface area contributed by atoms with Crippen LogP contribution in [0.15, 0.2) is 84.0 Å². The van der Waals surface area contributed by atoms with E-state index in [9.17, 15) is 9.59 Å². The van der Waals surface area contributed by atoms with Crippen molar-refractivity contribution in [2.75, 3.05) is 0 Å². The first-order chi connectivity index (χ1) is 16.6. The van der Waals surface area contributed by atoms with Gasteiger partial charge in [0, 0.05) is 29.4 Å². The summed E-state index contributed by atoms with van der Waals surface area (Å²) in [5.74, 6) is 0.596. The van der Waals surface area contributed by atoms with Crippen molar-refractivity contribution in [1.29, 1.82) is 0 Å². The van der Waals surface area contributed by atoms with Gasteiger partial charge in [0.25, 0.3) is 5.91 Å². The Morgan fingerprint density at radius 2 is 1.47 bits per heavy atom. The number of allylic oxidation sites excluding steroid dienone is 1. The van der Waals surface area contributed by atoms with Gasteiger partial charge in [-0.1, -0.05) is 92.1 Å². The molecule has 4 aliphatic carbocycles. The molecule has 1 N–H and O–H groups in total. The van der Waals surface area contributed by atoms with E-state index in [4.69, 9.17) is 0 Å². The molecule has 7 rings (SSSR count). The molecule has 172 valence electrons. The smallest absolute Gasteiger partial charge is 0.325 e. The van der Waals surface area contributed by atoms with Crippen LogP contribution in [0.4, 0.5) is 4.79 Å². The summed E-state index contributed by atoms with van der Waals surface area (Å²) in [5.41, 5.74) is 3.37. The number of hydrogen-bond donors (Lipinski definition) is 1. The van der Waals surface area contributed by atoms with E-state index in [-0.39, 0.29) is 35.7 Å². The maximum absolute atomic E-state index is 13.8. The van der Waals surface area contributed by atoms with Crippen molar-refractivity contribution in [3.05, 3.63) is 95.1 Å². The number of nitrogens with one attached hydrogen (secondary N) is 1. The molecule has 2 aromatic rings. The third-order valence-electron chi connectivity index (χ3n) is 9.36. The predicted octanol–water partition coefficient (Wildman–Crippen LogP) is 5.36. The SMILES string of the molecule is CC1=C2C(c3ccccc3)(c3ccccc3)[C@@H]3C=CC4[C@@H]3C24N(C(=O)NC2CCCCC2)C1=O. The Kier molecular flexibility index (Phi) is 4.13. The van der Waals surface area contributed by atoms with Gasteiger partial charge in [-0.05, 0) is 36.5 Å². The molecule has 0 aromatic heterocycles. The quantitative estimate of drug-likeness (QED) is 0.640. The van der Waals surface area contributed by atoms with Crippen molar-refractivity contribution in [3.8, 4) is 0 Å². The molecule has 1 spiro atoms. The average molecular weight is 451 g/mol. The van der Waals surface area contributed by atoms with Crippen LogP contribution in [0, 0.1) is 17.8 Å². The fraction of sp³-hybridized carbons (Fsp3) is 0.400. The molecule has 5 aliphatic rings. The molecule has 0 radical (unpaired) electrons. The first-order valence-electron chi connectivity index (χ1n) is 12.8. The summed E-state index contributed by atoms with van der Waals surface area (Å²) >= 11 is 0. The second-order valence-electron chi connectivity index (χ2n) is 10.8. The van der Waals surface area contributed by atoms with E-state index in [0.717, 1.165) is 36.8 Å². The van der Waals surface area contributed by atoms with E-state index >= 15 is 0 Å². The van der Waals surface area contributed by atoms with Crippen LogP contribution in [-0.2, 0) is 10.2 Å². The minimum absolute atomic E-state index is 0.110. The maximum atomic E-state index is 13.8. The Labute approximate surface area is 200 Å². The number of nitrogens with zero attached hydrogens (tertiary/aromatic N) is 1. The minimum atomic E-state index is -0.523. The van der Waals surface area contributed by atoms with E-state index < -0.39 is 11.0 Å². The van der Waals surface area contributed by atoms with Gasteiger partial charge in [-0.2, -0.15) is 0 Å². The molecule has 1 heterocycles. The number of urea groups is 1. The lowest BCUT2D eigenvalue weighted by Gasteiger charge is -2.39. The molecule has 0 saturated heterocycles. The van der Waals surface area contributed by atoms with Gasteiger partial charge in [-0.15, -0.1) is 0 Å². The van der Waals surface area contributed by atoms with Gasteiger partial charge in [-0.3, -0.25) is 4.79 Å². The summed E-state index contributed by atoms with van der Waals surface area (Å²) in [6.07, 6.45) is 10.2. The van der Waals surface area contributed by atoms with Crippen LogP contribution in [0.5, 0.6) is 0 Å². The van der Waals surface area contributed by atoms with E-state index in [1.165, 1.54) is 17.5 Å². The van der Waals surface area contributed by atoms with Gasteiger partial charge >= 0.3 is 6.03 Å². The van der Waals surface area contributed by atoms with Gasteiger partial charge in [0.2, 0.25) is 0 Å². The predicted molar refractivity (Wildman–Crippen MR) is 131 cm³/mol. The Morgan fingerprint density at radius 1 is 0.882 bits per heavy atom. The highest BCUT2D eigenvalue weighted by atomic mass is 16.2. The first kappa shape index (κ1) is 20.3. The van der Waals surface area contributed by atoms with E-state index in [1.54, 1.807) is 4.90 Å². The molecule has 4 heteroatoms. The number of hydrogen-bond acceptors (Lipinski definition) is 2. The maximum Gasteiger partial charge on any atom is 0.325 e. The highest BCUT2D eigenvalue weighted by molar-refractivity contribution is 6.11. The largest absolute Gasteiger partial charge is 0.335 e. The van der Waals surface area contributed by atoms with E-state index in [1.807, 2.05) is 19.1 Å². The summed E-state index contributed by atoms with van der Waals surface area (Å²) in [7, 11) is 0. The van der Waals surface area contributed by atoms with Crippen LogP contribution in [-0.4, -0.2) is 28.4 Å². The van der Waals surface area contributed by atoms with Crippen molar-refractivity contribution < 1.29 is 9.59 Å². The van der Waals surface area contributed by atoms with Crippen molar-refractivity contribution in [2.45, 2.75) is 56.0 Å². The molecule has 0 bridgehead atoms.